The van der Waals surface area contributed by atoms with E-state index in [0.717, 1.165) is 57.8 Å². The van der Waals surface area contributed by atoms with E-state index in [0.29, 0.717) is 12.8 Å². The molecule has 0 heterocycles. The van der Waals surface area contributed by atoms with Gasteiger partial charge in [-0.3, -0.25) is 13.8 Å². The van der Waals surface area contributed by atoms with E-state index in [1.165, 1.54) is 128 Å². The zero-order valence-corrected chi connectivity index (χ0v) is 39.0. The quantitative estimate of drug-likeness (QED) is 0.0231. The van der Waals surface area contributed by atoms with Crippen LogP contribution in [0.4, 0.5) is 0 Å². The molecule has 1 amide bonds. The minimum atomic E-state index is -4.42. The molecule has 0 aromatic carbocycles. The molecular formula is C49H93N2O7P. The second kappa shape index (κ2) is 44.5. The van der Waals surface area contributed by atoms with Crippen LogP contribution < -0.4 is 11.1 Å². The van der Waals surface area contributed by atoms with E-state index >= 15 is 0 Å². The van der Waals surface area contributed by atoms with Crippen LogP contribution in [0, 0.1) is 0 Å². The van der Waals surface area contributed by atoms with Crippen LogP contribution >= 0.6 is 7.82 Å². The standard InChI is InChI=1S/C49H93N2O7P/c1-3-5-7-9-11-13-15-17-19-21-22-23-24-25-27-29-31-33-35-37-39-41-48(53)47(45-58-59(55,56)57-43-42-50)51-49(54)44-46(52)40-38-36-34-32-30-28-26-20-18-16-14-12-10-8-6-4-2/h24-25,28,30-31,33,39,41,46-48,52-53H,3-23,26-27,29,32,34-38,40,42-45,50H2,1-2H3,(H,51,54)(H,55,56)/b25-24+,30-28-,33-31+,41-39+. The van der Waals surface area contributed by atoms with E-state index in [2.05, 4.69) is 55.6 Å². The minimum absolute atomic E-state index is 0.0397. The largest absolute Gasteiger partial charge is 0.472 e. The topological polar surface area (TPSA) is 151 Å². The van der Waals surface area contributed by atoms with Crippen molar-refractivity contribution in [1.29, 1.82) is 0 Å². The Bertz CT molecular complexity index is 1080. The number of aliphatic hydroxyl groups excluding tert-OH is 2. The smallest absolute Gasteiger partial charge is 0.393 e. The van der Waals surface area contributed by atoms with Crippen molar-refractivity contribution in [3.05, 3.63) is 48.6 Å². The summed E-state index contributed by atoms with van der Waals surface area (Å²) in [6, 6.07) is -1.01. The van der Waals surface area contributed by atoms with E-state index in [-0.39, 0.29) is 19.6 Å². The summed E-state index contributed by atoms with van der Waals surface area (Å²) in [5, 5.41) is 24.1. The Hall–Kier alpha value is -1.58. The maximum atomic E-state index is 12.8. The van der Waals surface area contributed by atoms with Gasteiger partial charge in [-0.2, -0.15) is 0 Å². The molecule has 10 heteroatoms. The maximum Gasteiger partial charge on any atom is 0.472 e. The van der Waals surface area contributed by atoms with Gasteiger partial charge in [0.05, 0.1) is 37.9 Å². The molecular weight excluding hydrogens is 760 g/mol. The van der Waals surface area contributed by atoms with E-state index in [1.807, 2.05) is 6.08 Å². The molecule has 4 atom stereocenters. The number of nitrogens with two attached hydrogens (primary N) is 1. The highest BCUT2D eigenvalue weighted by molar-refractivity contribution is 7.47. The number of carbonyl (C=O) groups is 1. The lowest BCUT2D eigenvalue weighted by atomic mass is 10.0. The Morgan fingerprint density at radius 1 is 0.576 bits per heavy atom. The number of phosphoric acid groups is 1. The molecule has 0 aliphatic heterocycles. The second-order valence-electron chi connectivity index (χ2n) is 16.5. The molecule has 0 bridgehead atoms. The van der Waals surface area contributed by atoms with Crippen LogP contribution in [-0.4, -0.2) is 59.0 Å². The molecule has 0 saturated carbocycles. The minimum Gasteiger partial charge on any atom is -0.393 e. The van der Waals surface area contributed by atoms with Gasteiger partial charge < -0.3 is 26.2 Å². The number of hydrogen-bond donors (Lipinski definition) is 5. The molecule has 0 fully saturated rings. The van der Waals surface area contributed by atoms with Gasteiger partial charge >= 0.3 is 7.82 Å². The third-order valence-corrected chi connectivity index (χ3v) is 11.6. The molecule has 0 saturated heterocycles. The number of hydrogen-bond acceptors (Lipinski definition) is 7. The summed E-state index contributed by atoms with van der Waals surface area (Å²) < 4.78 is 22.1. The van der Waals surface area contributed by atoms with Crippen molar-refractivity contribution in [1.82, 2.24) is 5.32 Å². The monoisotopic (exact) mass is 853 g/mol. The van der Waals surface area contributed by atoms with Gasteiger partial charge in [0, 0.05) is 6.54 Å². The zero-order chi connectivity index (χ0) is 43.3. The van der Waals surface area contributed by atoms with E-state index < -0.39 is 38.6 Å². The molecule has 0 rings (SSSR count). The summed E-state index contributed by atoms with van der Waals surface area (Å²) in [5.41, 5.74) is 5.37. The summed E-state index contributed by atoms with van der Waals surface area (Å²) in [4.78, 5) is 22.8. The van der Waals surface area contributed by atoms with E-state index in [9.17, 15) is 24.5 Å². The molecule has 9 nitrogen and oxygen atoms in total. The van der Waals surface area contributed by atoms with E-state index in [1.54, 1.807) is 6.08 Å². The fourth-order valence-corrected chi connectivity index (χ4v) is 7.73. The number of amides is 1. The average molecular weight is 853 g/mol. The van der Waals surface area contributed by atoms with Gasteiger partial charge in [-0.25, -0.2) is 4.57 Å². The predicted octanol–water partition coefficient (Wildman–Crippen LogP) is 13.0. The second-order valence-corrected chi connectivity index (χ2v) is 17.9. The van der Waals surface area contributed by atoms with Crippen LogP contribution in [0.3, 0.4) is 0 Å². The Labute approximate surface area is 363 Å². The predicted molar refractivity (Wildman–Crippen MR) is 250 cm³/mol. The highest BCUT2D eigenvalue weighted by Crippen LogP contribution is 2.43. The van der Waals surface area contributed by atoms with Crippen molar-refractivity contribution in [3.8, 4) is 0 Å². The van der Waals surface area contributed by atoms with Crippen LogP contribution in [-0.2, 0) is 18.4 Å². The van der Waals surface area contributed by atoms with Gasteiger partial charge in [0.2, 0.25) is 5.91 Å². The van der Waals surface area contributed by atoms with Crippen molar-refractivity contribution in [3.63, 3.8) is 0 Å². The van der Waals surface area contributed by atoms with Crippen LogP contribution in [0.1, 0.15) is 219 Å². The number of carbonyl (C=O) groups excluding carboxylic acids is 1. The summed E-state index contributed by atoms with van der Waals surface area (Å²) in [5.74, 6) is -0.468. The third kappa shape index (κ3) is 42.9. The molecule has 0 radical (unpaired) electrons. The van der Waals surface area contributed by atoms with Gasteiger partial charge in [-0.15, -0.1) is 0 Å². The molecule has 346 valence electrons. The number of rotatable bonds is 45. The maximum absolute atomic E-state index is 12.8. The van der Waals surface area contributed by atoms with Gasteiger partial charge in [0.25, 0.3) is 0 Å². The van der Waals surface area contributed by atoms with Crippen molar-refractivity contribution in [2.45, 2.75) is 238 Å². The number of phosphoric ester groups is 1. The molecule has 0 aliphatic rings. The number of nitrogens with one attached hydrogen (secondary N) is 1. The first-order valence-corrected chi connectivity index (χ1v) is 25.8. The number of unbranched alkanes of at least 4 members (excludes halogenated alkanes) is 25. The van der Waals surface area contributed by atoms with Gasteiger partial charge in [-0.05, 0) is 70.6 Å². The third-order valence-electron chi connectivity index (χ3n) is 10.7. The average Bonchev–Trinajstić information content (AvgIpc) is 3.21. The van der Waals surface area contributed by atoms with Crippen molar-refractivity contribution < 1.29 is 33.5 Å². The Balaban J connectivity index is 4.35. The van der Waals surface area contributed by atoms with Crippen molar-refractivity contribution in [2.24, 2.45) is 5.73 Å². The molecule has 59 heavy (non-hydrogen) atoms. The molecule has 0 aromatic heterocycles. The number of aliphatic hydroxyl groups is 2. The van der Waals surface area contributed by atoms with Crippen molar-refractivity contribution >= 4 is 13.7 Å². The Morgan fingerprint density at radius 3 is 1.41 bits per heavy atom. The van der Waals surface area contributed by atoms with Crippen LogP contribution in [0.5, 0.6) is 0 Å². The first kappa shape index (κ1) is 57.4. The fraction of sp³-hybridized carbons (Fsp3) is 0.816. The summed E-state index contributed by atoms with van der Waals surface area (Å²) in [7, 11) is -4.42. The van der Waals surface area contributed by atoms with Gasteiger partial charge in [0.1, 0.15) is 0 Å². The normalized spacial score (nSPS) is 14.9. The lowest BCUT2D eigenvalue weighted by Gasteiger charge is -2.24. The molecule has 4 unspecified atom stereocenters. The number of allylic oxidation sites excluding steroid dienone is 7. The van der Waals surface area contributed by atoms with Crippen LogP contribution in [0.2, 0.25) is 0 Å². The highest BCUT2D eigenvalue weighted by atomic mass is 31.2. The van der Waals surface area contributed by atoms with Crippen LogP contribution in [0.15, 0.2) is 48.6 Å². The lowest BCUT2D eigenvalue weighted by molar-refractivity contribution is -0.124. The van der Waals surface area contributed by atoms with E-state index in [4.69, 9.17) is 14.8 Å². The lowest BCUT2D eigenvalue weighted by Crippen LogP contribution is -2.46. The summed E-state index contributed by atoms with van der Waals surface area (Å²) in [6.45, 7) is 3.95. The Morgan fingerprint density at radius 2 is 0.966 bits per heavy atom. The molecule has 0 aliphatic carbocycles. The van der Waals surface area contributed by atoms with Gasteiger partial charge in [-0.1, -0.05) is 191 Å². The fourth-order valence-electron chi connectivity index (χ4n) is 6.97. The first-order chi connectivity index (χ1) is 28.8. The molecule has 0 aromatic rings. The van der Waals surface area contributed by atoms with Crippen LogP contribution in [0.25, 0.3) is 0 Å². The Kier molecular flexibility index (Phi) is 43.3. The summed E-state index contributed by atoms with van der Waals surface area (Å²) in [6.07, 6.45) is 52.1. The van der Waals surface area contributed by atoms with Crippen molar-refractivity contribution in [2.75, 3.05) is 19.8 Å². The first-order valence-electron chi connectivity index (χ1n) is 24.3. The molecule has 0 spiro atoms. The molecule has 6 N–H and O–H groups in total. The van der Waals surface area contributed by atoms with Gasteiger partial charge in [0.15, 0.2) is 0 Å². The summed E-state index contributed by atoms with van der Waals surface area (Å²) >= 11 is 0. The zero-order valence-electron chi connectivity index (χ0n) is 38.1. The highest BCUT2D eigenvalue weighted by Gasteiger charge is 2.27. The SMILES string of the molecule is CCCCCCCCCCC/C=C\CCCCCC(O)CC(=O)NC(COP(=O)(O)OCCN)C(O)/C=C/CC/C=C/CC/C=C/CCCCCCCCCCCCC.